The number of carbonyl (C=O) groups is 2. The summed E-state index contributed by atoms with van der Waals surface area (Å²) in [5.41, 5.74) is 0.336. The fourth-order valence-corrected chi connectivity index (χ4v) is 4.07. The van der Waals surface area contributed by atoms with Crippen LogP contribution >= 0.6 is 11.8 Å². The van der Waals surface area contributed by atoms with E-state index in [1.807, 2.05) is 0 Å². The SMILES string of the molecule is CC(=O)C1=C(C)NC(SCC(=O)OC(C)(C)C)=C(C#N)[C@@H]1c1ccccc1[N+](=O)[O-]. The first-order chi connectivity index (χ1) is 14.0. The first-order valence-corrected chi connectivity index (χ1v) is 10.2. The van der Waals surface area contributed by atoms with E-state index in [1.54, 1.807) is 33.8 Å². The van der Waals surface area contributed by atoms with E-state index in [0.29, 0.717) is 10.7 Å². The van der Waals surface area contributed by atoms with Crippen molar-refractivity contribution in [3.63, 3.8) is 0 Å². The Labute approximate surface area is 179 Å². The van der Waals surface area contributed by atoms with Gasteiger partial charge in [0, 0.05) is 22.9 Å². The Morgan fingerprint density at radius 1 is 1.33 bits per heavy atom. The number of dihydropyridines is 1. The van der Waals surface area contributed by atoms with Crippen LogP contribution in [0.15, 0.2) is 46.1 Å². The Morgan fingerprint density at radius 3 is 2.50 bits per heavy atom. The predicted octanol–water partition coefficient (Wildman–Crippen LogP) is 3.95. The fraction of sp³-hybridized carbons (Fsp3) is 0.381. The lowest BCUT2D eigenvalue weighted by molar-refractivity contribution is -0.385. The smallest absolute Gasteiger partial charge is 0.316 e. The number of carbonyl (C=O) groups excluding carboxylic acids is 2. The second kappa shape index (κ2) is 9.13. The van der Waals surface area contributed by atoms with Crippen LogP contribution in [0.5, 0.6) is 0 Å². The maximum Gasteiger partial charge on any atom is 0.316 e. The van der Waals surface area contributed by atoms with Gasteiger partial charge in [-0.15, -0.1) is 0 Å². The summed E-state index contributed by atoms with van der Waals surface area (Å²) in [6.45, 7) is 8.29. The number of rotatable bonds is 6. The number of Topliss-reactive ketones (excluding diaryl/α,β-unsaturated/α-hetero) is 1. The maximum absolute atomic E-state index is 12.4. The van der Waals surface area contributed by atoms with Crippen LogP contribution in [0.3, 0.4) is 0 Å². The van der Waals surface area contributed by atoms with Gasteiger partial charge in [-0.2, -0.15) is 5.26 Å². The summed E-state index contributed by atoms with van der Waals surface area (Å²) in [6, 6.07) is 8.11. The molecule has 2 rings (SSSR count). The molecule has 0 saturated carbocycles. The molecule has 8 nitrogen and oxygen atoms in total. The Bertz CT molecular complexity index is 999. The molecular weight excluding hydrogens is 406 g/mol. The Morgan fingerprint density at radius 2 is 1.97 bits per heavy atom. The molecular formula is C21H23N3O5S. The number of nitro benzene ring substituents is 1. The molecule has 1 aromatic rings. The lowest BCUT2D eigenvalue weighted by Crippen LogP contribution is -2.29. The van der Waals surface area contributed by atoms with Crippen molar-refractivity contribution in [3.8, 4) is 6.07 Å². The molecule has 30 heavy (non-hydrogen) atoms. The summed E-state index contributed by atoms with van der Waals surface area (Å²) in [7, 11) is 0. The zero-order valence-corrected chi connectivity index (χ0v) is 18.3. The number of allylic oxidation sites excluding steroid dienone is 3. The Balaban J connectivity index is 2.54. The topological polar surface area (TPSA) is 122 Å². The molecule has 0 aliphatic carbocycles. The second-order valence-electron chi connectivity index (χ2n) is 7.70. The molecule has 1 aromatic carbocycles. The van der Waals surface area contributed by atoms with E-state index >= 15 is 0 Å². The second-order valence-corrected chi connectivity index (χ2v) is 8.68. The third-order valence-electron chi connectivity index (χ3n) is 4.23. The highest BCUT2D eigenvalue weighted by atomic mass is 32.2. The third-order valence-corrected chi connectivity index (χ3v) is 5.22. The van der Waals surface area contributed by atoms with Gasteiger partial charge in [0.25, 0.3) is 5.69 Å². The number of nitriles is 1. The quantitative estimate of drug-likeness (QED) is 0.410. The molecule has 9 heteroatoms. The molecule has 0 spiro atoms. The van der Waals surface area contributed by atoms with Crippen LogP contribution < -0.4 is 5.32 Å². The van der Waals surface area contributed by atoms with E-state index in [0.717, 1.165) is 11.8 Å². The third kappa shape index (κ3) is 5.27. The van der Waals surface area contributed by atoms with Gasteiger partial charge < -0.3 is 10.1 Å². The van der Waals surface area contributed by atoms with Gasteiger partial charge in [-0.25, -0.2) is 0 Å². The van der Waals surface area contributed by atoms with Crippen LogP contribution in [0, 0.1) is 21.4 Å². The number of hydrogen-bond donors (Lipinski definition) is 1. The predicted molar refractivity (Wildman–Crippen MR) is 113 cm³/mol. The molecule has 1 N–H and O–H groups in total. The lowest BCUT2D eigenvalue weighted by atomic mass is 9.80. The van der Waals surface area contributed by atoms with E-state index in [-0.39, 0.29) is 33.9 Å². The van der Waals surface area contributed by atoms with Crippen molar-refractivity contribution in [1.82, 2.24) is 5.32 Å². The number of ketones is 1. The summed E-state index contributed by atoms with van der Waals surface area (Å²) in [6.07, 6.45) is 0. The van der Waals surface area contributed by atoms with Gasteiger partial charge in [-0.3, -0.25) is 19.7 Å². The number of para-hydroxylation sites is 1. The van der Waals surface area contributed by atoms with Crippen LogP contribution in [0.2, 0.25) is 0 Å². The van der Waals surface area contributed by atoms with Crippen LogP contribution in [0.4, 0.5) is 5.69 Å². The molecule has 0 fully saturated rings. The molecule has 0 amide bonds. The van der Waals surface area contributed by atoms with E-state index in [1.165, 1.54) is 25.1 Å². The monoisotopic (exact) mass is 429 g/mol. The van der Waals surface area contributed by atoms with Gasteiger partial charge in [0.15, 0.2) is 5.78 Å². The van der Waals surface area contributed by atoms with Crippen molar-refractivity contribution in [1.29, 1.82) is 5.26 Å². The summed E-state index contributed by atoms with van der Waals surface area (Å²) >= 11 is 1.07. The molecule has 0 unspecified atom stereocenters. The molecule has 0 radical (unpaired) electrons. The minimum Gasteiger partial charge on any atom is -0.459 e. The zero-order valence-electron chi connectivity index (χ0n) is 17.4. The van der Waals surface area contributed by atoms with Crippen molar-refractivity contribution in [2.24, 2.45) is 0 Å². The van der Waals surface area contributed by atoms with E-state index in [9.17, 15) is 25.0 Å². The van der Waals surface area contributed by atoms with Crippen LogP contribution in [0.25, 0.3) is 0 Å². The van der Waals surface area contributed by atoms with E-state index in [4.69, 9.17) is 4.74 Å². The minimum absolute atomic E-state index is 0.0585. The van der Waals surface area contributed by atoms with Crippen LogP contribution in [-0.2, 0) is 14.3 Å². The molecule has 1 atom stereocenters. The summed E-state index contributed by atoms with van der Waals surface area (Å²) < 4.78 is 5.30. The number of thioether (sulfide) groups is 1. The molecule has 158 valence electrons. The first kappa shape index (κ1) is 23.2. The standard InChI is InChI=1S/C21H23N3O5S/c1-12-18(13(2)25)19(14-8-6-7-9-16(14)24(27)28)15(10-22)20(23-12)30-11-17(26)29-21(3,4)5/h6-9,19,23H,11H2,1-5H3/t19-/m0/s1. The average molecular weight is 429 g/mol. The Kier molecular flexibility index (Phi) is 7.05. The molecule has 0 aromatic heterocycles. The van der Waals surface area contributed by atoms with Crippen molar-refractivity contribution in [2.75, 3.05) is 5.75 Å². The zero-order chi connectivity index (χ0) is 22.6. The van der Waals surface area contributed by atoms with Gasteiger partial charge in [-0.1, -0.05) is 30.0 Å². The van der Waals surface area contributed by atoms with Gasteiger partial charge in [0.1, 0.15) is 5.60 Å². The lowest BCUT2D eigenvalue weighted by Gasteiger charge is -2.29. The molecule has 0 saturated heterocycles. The van der Waals surface area contributed by atoms with Crippen molar-refractivity contribution in [3.05, 3.63) is 61.8 Å². The van der Waals surface area contributed by atoms with E-state index in [2.05, 4.69) is 11.4 Å². The number of nitrogens with zero attached hydrogens (tertiary/aromatic N) is 2. The molecule has 1 aliphatic heterocycles. The van der Waals surface area contributed by atoms with Crippen molar-refractivity contribution >= 4 is 29.2 Å². The number of ether oxygens (including phenoxy) is 1. The van der Waals surface area contributed by atoms with Gasteiger partial charge >= 0.3 is 5.97 Å². The average Bonchev–Trinajstić information content (AvgIpc) is 2.63. The normalized spacial score (nSPS) is 16.6. The summed E-state index contributed by atoms with van der Waals surface area (Å²) in [5, 5.41) is 24.8. The largest absolute Gasteiger partial charge is 0.459 e. The number of nitro groups is 1. The fourth-order valence-electron chi connectivity index (χ4n) is 3.20. The molecule has 1 heterocycles. The van der Waals surface area contributed by atoms with E-state index < -0.39 is 22.4 Å². The van der Waals surface area contributed by atoms with Crippen molar-refractivity contribution in [2.45, 2.75) is 46.1 Å². The highest BCUT2D eigenvalue weighted by molar-refractivity contribution is 8.03. The first-order valence-electron chi connectivity index (χ1n) is 9.17. The van der Waals surface area contributed by atoms with Gasteiger partial charge in [0.05, 0.1) is 33.3 Å². The number of esters is 1. The number of nitrogens with one attached hydrogen (secondary N) is 1. The highest BCUT2D eigenvalue weighted by Crippen LogP contribution is 2.43. The minimum atomic E-state index is -0.906. The number of benzene rings is 1. The summed E-state index contributed by atoms with van der Waals surface area (Å²) in [4.78, 5) is 35.5. The highest BCUT2D eigenvalue weighted by Gasteiger charge is 2.36. The van der Waals surface area contributed by atoms with Crippen molar-refractivity contribution < 1.29 is 19.2 Å². The van der Waals surface area contributed by atoms with Gasteiger partial charge in [0.2, 0.25) is 0 Å². The van der Waals surface area contributed by atoms with Gasteiger partial charge in [-0.05, 0) is 34.6 Å². The van der Waals surface area contributed by atoms with Crippen LogP contribution in [-0.4, -0.2) is 28.0 Å². The summed E-state index contributed by atoms with van der Waals surface area (Å²) in [5.74, 6) is -1.72. The Hall–Kier alpha value is -3.12. The molecule has 1 aliphatic rings. The van der Waals surface area contributed by atoms with Crippen LogP contribution in [0.1, 0.15) is 46.1 Å². The molecule has 0 bridgehead atoms. The maximum atomic E-state index is 12.4. The number of hydrogen-bond acceptors (Lipinski definition) is 8.